The normalized spacial score (nSPS) is 35.2. The van der Waals surface area contributed by atoms with Crippen LogP contribution in [0.2, 0.25) is 0 Å². The molecule has 5 nitrogen and oxygen atoms in total. The first-order valence-electron chi connectivity index (χ1n) is 5.27. The fraction of sp³-hybridized carbons (Fsp3) is 0.800. The summed E-state index contributed by atoms with van der Waals surface area (Å²) >= 11 is 0. The molecule has 0 aliphatic carbocycles. The number of aliphatic hydroxyl groups is 1. The van der Waals surface area contributed by atoms with Gasteiger partial charge < -0.3 is 14.7 Å². The molecule has 0 bridgehead atoms. The van der Waals surface area contributed by atoms with Gasteiger partial charge in [0.25, 0.3) is 5.91 Å². The van der Waals surface area contributed by atoms with Crippen molar-refractivity contribution in [1.82, 2.24) is 4.90 Å². The fourth-order valence-electron chi connectivity index (χ4n) is 2.40. The van der Waals surface area contributed by atoms with Crippen LogP contribution in [-0.2, 0) is 14.3 Å². The second-order valence-electron chi connectivity index (χ2n) is 4.12. The van der Waals surface area contributed by atoms with E-state index < -0.39 is 18.2 Å². The Morgan fingerprint density at radius 2 is 2.27 bits per heavy atom. The molecule has 2 heterocycles. The molecular formula is C10H15NO4. The third-order valence-electron chi connectivity index (χ3n) is 3.07. The molecule has 0 saturated carbocycles. The van der Waals surface area contributed by atoms with Gasteiger partial charge in [-0.3, -0.25) is 9.59 Å². The van der Waals surface area contributed by atoms with Crippen LogP contribution < -0.4 is 0 Å². The Bertz CT molecular complexity index is 291. The molecule has 0 aromatic rings. The molecule has 0 aromatic heterocycles. The van der Waals surface area contributed by atoms with E-state index in [2.05, 4.69) is 0 Å². The van der Waals surface area contributed by atoms with Gasteiger partial charge in [-0.15, -0.1) is 0 Å². The number of nitrogens with zero attached hydrogens (tertiary/aromatic N) is 1. The number of fused-ring (bicyclic) bond motifs is 1. The minimum Gasteiger partial charge on any atom is -0.450 e. The number of ether oxygens (including phenoxy) is 1. The van der Waals surface area contributed by atoms with Crippen LogP contribution in [0.1, 0.15) is 26.2 Å². The lowest BCUT2D eigenvalue weighted by Crippen LogP contribution is -2.40. The summed E-state index contributed by atoms with van der Waals surface area (Å²) < 4.78 is 4.85. The number of carbonyl (C=O) groups excluding carboxylic acids is 2. The Morgan fingerprint density at radius 1 is 1.53 bits per heavy atom. The summed E-state index contributed by atoms with van der Waals surface area (Å²) in [6.45, 7) is 1.91. The minimum atomic E-state index is -0.981. The first-order chi connectivity index (χ1) is 7.11. The van der Waals surface area contributed by atoms with Gasteiger partial charge in [-0.2, -0.15) is 0 Å². The van der Waals surface area contributed by atoms with Gasteiger partial charge in [0.1, 0.15) is 6.10 Å². The van der Waals surface area contributed by atoms with E-state index in [0.29, 0.717) is 6.54 Å². The number of carbonyl (C=O) groups is 2. The Labute approximate surface area is 88.0 Å². The van der Waals surface area contributed by atoms with E-state index in [0.717, 1.165) is 19.3 Å². The highest BCUT2D eigenvalue weighted by Gasteiger charge is 2.49. The van der Waals surface area contributed by atoms with Crippen LogP contribution in [0.25, 0.3) is 0 Å². The molecule has 2 rings (SSSR count). The van der Waals surface area contributed by atoms with Crippen molar-refractivity contribution in [2.75, 3.05) is 6.54 Å². The summed E-state index contributed by atoms with van der Waals surface area (Å²) in [6.07, 6.45) is 0.928. The second kappa shape index (κ2) is 3.81. The zero-order chi connectivity index (χ0) is 11.0. The van der Waals surface area contributed by atoms with Gasteiger partial charge in [0.2, 0.25) is 6.10 Å². The third kappa shape index (κ3) is 1.71. The topological polar surface area (TPSA) is 66.8 Å². The molecule has 3 atom stereocenters. The van der Waals surface area contributed by atoms with Crippen molar-refractivity contribution < 1.29 is 19.4 Å². The monoisotopic (exact) mass is 213 g/mol. The van der Waals surface area contributed by atoms with E-state index >= 15 is 0 Å². The van der Waals surface area contributed by atoms with Gasteiger partial charge in [0, 0.05) is 13.5 Å². The number of amides is 1. The second-order valence-corrected chi connectivity index (χ2v) is 4.12. The standard InChI is InChI=1S/C10H15NO4/c1-6(12)15-9-8(13)7-4-2-3-5-11(7)10(9)14/h7-9,13H,2-5H2,1H3/t7-,8-,9+/m0/s1. The van der Waals surface area contributed by atoms with Crippen molar-refractivity contribution in [3.8, 4) is 0 Å². The number of hydrogen-bond donors (Lipinski definition) is 1. The molecule has 2 saturated heterocycles. The number of aliphatic hydroxyl groups excluding tert-OH is 1. The molecule has 15 heavy (non-hydrogen) atoms. The largest absolute Gasteiger partial charge is 0.450 e. The average Bonchev–Trinajstić information content (AvgIpc) is 2.44. The summed E-state index contributed by atoms with van der Waals surface area (Å²) in [7, 11) is 0. The lowest BCUT2D eigenvalue weighted by Gasteiger charge is -2.29. The highest BCUT2D eigenvalue weighted by atomic mass is 16.6. The van der Waals surface area contributed by atoms with E-state index in [1.165, 1.54) is 6.92 Å². The number of rotatable bonds is 1. The summed E-state index contributed by atoms with van der Waals surface area (Å²) in [5.41, 5.74) is 0. The van der Waals surface area contributed by atoms with E-state index in [1.54, 1.807) is 4.90 Å². The van der Waals surface area contributed by atoms with Crippen LogP contribution >= 0.6 is 0 Å². The van der Waals surface area contributed by atoms with Crippen molar-refractivity contribution in [2.24, 2.45) is 0 Å². The molecule has 2 aliphatic heterocycles. The van der Waals surface area contributed by atoms with E-state index in [-0.39, 0.29) is 11.9 Å². The Kier molecular flexibility index (Phi) is 2.65. The zero-order valence-corrected chi connectivity index (χ0v) is 8.68. The predicted octanol–water partition coefficient (Wildman–Crippen LogP) is -0.326. The molecule has 0 radical (unpaired) electrons. The summed E-state index contributed by atoms with van der Waals surface area (Å²) in [5, 5.41) is 9.86. The molecule has 1 N–H and O–H groups in total. The number of hydrogen-bond acceptors (Lipinski definition) is 4. The van der Waals surface area contributed by atoms with Crippen LogP contribution in [0, 0.1) is 0 Å². The first-order valence-corrected chi connectivity index (χ1v) is 5.27. The maximum absolute atomic E-state index is 11.8. The Balaban J connectivity index is 2.13. The van der Waals surface area contributed by atoms with Crippen LogP contribution in [0.3, 0.4) is 0 Å². The highest BCUT2D eigenvalue weighted by molar-refractivity contribution is 5.87. The van der Waals surface area contributed by atoms with Crippen LogP contribution in [0.15, 0.2) is 0 Å². The van der Waals surface area contributed by atoms with Crippen molar-refractivity contribution in [3.63, 3.8) is 0 Å². The predicted molar refractivity (Wildman–Crippen MR) is 50.9 cm³/mol. The number of esters is 1. The zero-order valence-electron chi connectivity index (χ0n) is 8.68. The molecule has 84 valence electrons. The molecular weight excluding hydrogens is 198 g/mol. The van der Waals surface area contributed by atoms with Gasteiger partial charge in [0.05, 0.1) is 6.04 Å². The lowest BCUT2D eigenvalue weighted by molar-refractivity contribution is -0.157. The maximum atomic E-state index is 11.8. The van der Waals surface area contributed by atoms with Gasteiger partial charge in [-0.05, 0) is 19.3 Å². The van der Waals surface area contributed by atoms with Crippen LogP contribution in [0.4, 0.5) is 0 Å². The van der Waals surface area contributed by atoms with Crippen LogP contribution in [-0.4, -0.2) is 46.7 Å². The Hall–Kier alpha value is -1.10. The molecule has 2 aliphatic rings. The van der Waals surface area contributed by atoms with Crippen LogP contribution in [0.5, 0.6) is 0 Å². The first kappa shape index (κ1) is 10.4. The summed E-state index contributed by atoms with van der Waals surface area (Å²) in [5.74, 6) is -0.769. The van der Waals surface area contributed by atoms with Crippen molar-refractivity contribution in [1.29, 1.82) is 0 Å². The minimum absolute atomic E-state index is 0.157. The average molecular weight is 213 g/mol. The quantitative estimate of drug-likeness (QED) is 0.606. The number of piperidine rings is 1. The lowest BCUT2D eigenvalue weighted by atomic mass is 10.0. The molecule has 5 heteroatoms. The molecule has 0 unspecified atom stereocenters. The van der Waals surface area contributed by atoms with E-state index in [4.69, 9.17) is 4.74 Å². The Morgan fingerprint density at radius 3 is 2.87 bits per heavy atom. The summed E-state index contributed by atoms with van der Waals surface area (Å²) in [6, 6.07) is -0.157. The van der Waals surface area contributed by atoms with Gasteiger partial charge >= 0.3 is 5.97 Å². The van der Waals surface area contributed by atoms with Gasteiger partial charge in [-0.1, -0.05) is 0 Å². The van der Waals surface area contributed by atoms with Crippen molar-refractivity contribution in [2.45, 2.75) is 44.4 Å². The van der Waals surface area contributed by atoms with E-state index in [1.807, 2.05) is 0 Å². The molecule has 1 amide bonds. The summed E-state index contributed by atoms with van der Waals surface area (Å²) in [4.78, 5) is 24.2. The third-order valence-corrected chi connectivity index (χ3v) is 3.07. The van der Waals surface area contributed by atoms with Gasteiger partial charge in [0.15, 0.2) is 0 Å². The smallest absolute Gasteiger partial charge is 0.303 e. The molecule has 0 spiro atoms. The highest BCUT2D eigenvalue weighted by Crippen LogP contribution is 2.29. The van der Waals surface area contributed by atoms with Crippen molar-refractivity contribution >= 4 is 11.9 Å². The molecule has 2 fully saturated rings. The SMILES string of the molecule is CC(=O)O[C@H]1C(=O)N2CCCC[C@H]2[C@@H]1O. The van der Waals surface area contributed by atoms with Gasteiger partial charge in [-0.25, -0.2) is 0 Å². The van der Waals surface area contributed by atoms with Crippen molar-refractivity contribution in [3.05, 3.63) is 0 Å². The van der Waals surface area contributed by atoms with E-state index in [9.17, 15) is 14.7 Å². The maximum Gasteiger partial charge on any atom is 0.303 e. The fourth-order valence-corrected chi connectivity index (χ4v) is 2.40. The molecule has 0 aromatic carbocycles.